The lowest BCUT2D eigenvalue weighted by atomic mass is 10.1. The van der Waals surface area contributed by atoms with E-state index >= 15 is 0 Å². The lowest BCUT2D eigenvalue weighted by molar-refractivity contribution is 0.545. The summed E-state index contributed by atoms with van der Waals surface area (Å²) in [5.41, 5.74) is 5.72. The van der Waals surface area contributed by atoms with Crippen LogP contribution in [0, 0.1) is 5.92 Å². The van der Waals surface area contributed by atoms with Crippen LogP contribution in [0.2, 0.25) is 0 Å². The van der Waals surface area contributed by atoms with Gasteiger partial charge in [0.2, 0.25) is 0 Å². The number of nitrogens with zero attached hydrogens (tertiary/aromatic N) is 3. The summed E-state index contributed by atoms with van der Waals surface area (Å²) in [6.07, 6.45) is 1.95. The maximum absolute atomic E-state index is 4.88. The molecule has 0 unspecified atom stereocenters. The van der Waals surface area contributed by atoms with Crippen molar-refractivity contribution in [2.24, 2.45) is 11.0 Å². The van der Waals surface area contributed by atoms with Crippen molar-refractivity contribution in [3.8, 4) is 0 Å². The zero-order chi connectivity index (χ0) is 21.9. The topological polar surface area (TPSA) is 20.5 Å². The molecule has 0 amide bonds. The van der Waals surface area contributed by atoms with Gasteiger partial charge in [-0.2, -0.15) is 5.10 Å². The summed E-state index contributed by atoms with van der Waals surface area (Å²) >= 11 is 0. The molecule has 0 atom stereocenters. The van der Waals surface area contributed by atoms with Gasteiger partial charge >= 0.3 is 0 Å². The highest BCUT2D eigenvalue weighted by atomic mass is 15.5. The van der Waals surface area contributed by atoms with Crippen LogP contribution in [0.25, 0.3) is 21.8 Å². The van der Waals surface area contributed by atoms with Crippen molar-refractivity contribution in [3.63, 3.8) is 0 Å². The van der Waals surface area contributed by atoms with Gasteiger partial charge in [-0.15, -0.1) is 0 Å². The Labute approximate surface area is 189 Å². The van der Waals surface area contributed by atoms with Crippen LogP contribution in [0.15, 0.2) is 108 Å². The summed E-state index contributed by atoms with van der Waals surface area (Å²) in [6.45, 7) is 5.54. The molecule has 1 heterocycles. The summed E-state index contributed by atoms with van der Waals surface area (Å²) in [5, 5.41) is 9.42. The second-order valence-electron chi connectivity index (χ2n) is 8.53. The average molecular weight is 418 g/mol. The van der Waals surface area contributed by atoms with Gasteiger partial charge in [0.05, 0.1) is 17.6 Å². The molecular formula is C29H27N3. The molecule has 0 aliphatic carbocycles. The average Bonchev–Trinajstić information content (AvgIpc) is 3.13. The Balaban J connectivity index is 1.58. The maximum Gasteiger partial charge on any atom is 0.0652 e. The molecule has 0 aliphatic rings. The standard InChI is InChI=1S/C29H27N3/c1-22(2)21-31-28-16-10-9-15-26(28)27-19-23(17-18-29(27)31)20-30-32(24-11-5-3-6-12-24)25-13-7-4-8-14-25/h3-20,22H,21H2,1-2H3. The number of anilines is 2. The Morgan fingerprint density at radius 3 is 1.97 bits per heavy atom. The van der Waals surface area contributed by atoms with E-state index in [2.05, 4.69) is 85.1 Å². The predicted molar refractivity (Wildman–Crippen MR) is 137 cm³/mol. The van der Waals surface area contributed by atoms with Gasteiger partial charge in [-0.25, -0.2) is 5.01 Å². The van der Waals surface area contributed by atoms with Crippen LogP contribution in [0.5, 0.6) is 0 Å². The van der Waals surface area contributed by atoms with Crippen molar-refractivity contribution in [3.05, 3.63) is 109 Å². The van der Waals surface area contributed by atoms with Crippen molar-refractivity contribution in [2.45, 2.75) is 20.4 Å². The minimum absolute atomic E-state index is 0.584. The van der Waals surface area contributed by atoms with E-state index in [9.17, 15) is 0 Å². The fraction of sp³-hybridized carbons (Fsp3) is 0.138. The van der Waals surface area contributed by atoms with Gasteiger partial charge < -0.3 is 4.57 Å². The highest BCUT2D eigenvalue weighted by Crippen LogP contribution is 2.31. The van der Waals surface area contributed by atoms with E-state index in [0.717, 1.165) is 23.5 Å². The fourth-order valence-corrected chi connectivity index (χ4v) is 4.26. The number of para-hydroxylation sites is 3. The molecule has 3 heteroatoms. The Morgan fingerprint density at radius 2 is 1.31 bits per heavy atom. The summed E-state index contributed by atoms with van der Waals surface area (Å²) in [5.74, 6) is 0.584. The van der Waals surface area contributed by atoms with E-state index in [1.807, 2.05) is 47.6 Å². The number of aromatic nitrogens is 1. The monoisotopic (exact) mass is 417 g/mol. The summed E-state index contributed by atoms with van der Waals surface area (Å²) in [6, 6.07) is 35.8. The molecule has 158 valence electrons. The highest BCUT2D eigenvalue weighted by Gasteiger charge is 2.12. The fourth-order valence-electron chi connectivity index (χ4n) is 4.26. The second kappa shape index (κ2) is 8.72. The molecule has 0 N–H and O–H groups in total. The van der Waals surface area contributed by atoms with Gasteiger partial charge in [-0.1, -0.05) is 74.5 Å². The van der Waals surface area contributed by atoms with E-state index < -0.39 is 0 Å². The van der Waals surface area contributed by atoms with Gasteiger partial charge in [-0.05, 0) is 53.9 Å². The van der Waals surface area contributed by atoms with Crippen LogP contribution >= 0.6 is 0 Å². The van der Waals surface area contributed by atoms with Crippen molar-refractivity contribution in [1.82, 2.24) is 4.57 Å². The third-order valence-corrected chi connectivity index (χ3v) is 5.67. The molecule has 0 bridgehead atoms. The van der Waals surface area contributed by atoms with Crippen molar-refractivity contribution in [2.75, 3.05) is 5.01 Å². The first-order chi connectivity index (χ1) is 15.7. The summed E-state index contributed by atoms with van der Waals surface area (Å²) in [7, 11) is 0. The number of hydrazone groups is 1. The smallest absolute Gasteiger partial charge is 0.0652 e. The Kier molecular flexibility index (Phi) is 5.47. The van der Waals surface area contributed by atoms with Crippen LogP contribution < -0.4 is 5.01 Å². The molecule has 0 spiro atoms. The molecule has 4 aromatic carbocycles. The molecule has 32 heavy (non-hydrogen) atoms. The zero-order valence-corrected chi connectivity index (χ0v) is 18.5. The van der Waals surface area contributed by atoms with Gasteiger partial charge in [0.1, 0.15) is 0 Å². The van der Waals surface area contributed by atoms with Crippen LogP contribution in [0.4, 0.5) is 11.4 Å². The summed E-state index contributed by atoms with van der Waals surface area (Å²) in [4.78, 5) is 0. The van der Waals surface area contributed by atoms with Gasteiger partial charge in [0.25, 0.3) is 0 Å². The largest absolute Gasteiger partial charge is 0.340 e. The Bertz CT molecular complexity index is 1330. The lowest BCUT2D eigenvalue weighted by Gasteiger charge is -2.19. The first-order valence-corrected chi connectivity index (χ1v) is 11.2. The van der Waals surface area contributed by atoms with Crippen LogP contribution in [-0.4, -0.2) is 10.8 Å². The van der Waals surface area contributed by atoms with Crippen LogP contribution in [-0.2, 0) is 6.54 Å². The molecule has 0 fully saturated rings. The number of benzene rings is 4. The normalized spacial score (nSPS) is 11.7. The van der Waals surface area contributed by atoms with Gasteiger partial charge in [-0.3, -0.25) is 0 Å². The van der Waals surface area contributed by atoms with Gasteiger partial charge in [0.15, 0.2) is 0 Å². The summed E-state index contributed by atoms with van der Waals surface area (Å²) < 4.78 is 2.44. The molecular weight excluding hydrogens is 390 g/mol. The number of rotatable bonds is 6. The number of hydrogen-bond donors (Lipinski definition) is 0. The third kappa shape index (κ3) is 3.90. The van der Waals surface area contributed by atoms with Crippen molar-refractivity contribution >= 4 is 39.4 Å². The minimum Gasteiger partial charge on any atom is -0.340 e. The molecule has 0 aliphatic heterocycles. The number of hydrogen-bond acceptors (Lipinski definition) is 2. The predicted octanol–water partition coefficient (Wildman–Crippen LogP) is 7.62. The van der Waals surface area contributed by atoms with E-state index in [-0.39, 0.29) is 0 Å². The van der Waals surface area contributed by atoms with E-state index in [4.69, 9.17) is 5.10 Å². The zero-order valence-electron chi connectivity index (χ0n) is 18.5. The van der Waals surface area contributed by atoms with Crippen LogP contribution in [0.1, 0.15) is 19.4 Å². The van der Waals surface area contributed by atoms with Crippen molar-refractivity contribution < 1.29 is 0 Å². The molecule has 1 aromatic heterocycles. The van der Waals surface area contributed by atoms with E-state index in [1.54, 1.807) is 0 Å². The third-order valence-electron chi connectivity index (χ3n) is 5.67. The highest BCUT2D eigenvalue weighted by molar-refractivity contribution is 6.09. The molecule has 0 radical (unpaired) electrons. The van der Waals surface area contributed by atoms with Gasteiger partial charge in [0, 0.05) is 28.4 Å². The molecule has 0 saturated carbocycles. The first-order valence-electron chi connectivity index (χ1n) is 11.2. The van der Waals surface area contributed by atoms with Crippen molar-refractivity contribution in [1.29, 1.82) is 0 Å². The number of fused-ring (bicyclic) bond motifs is 3. The minimum atomic E-state index is 0.584. The Hall–Kier alpha value is -3.85. The lowest BCUT2D eigenvalue weighted by Crippen LogP contribution is -2.09. The molecule has 0 saturated heterocycles. The molecule has 5 aromatic rings. The maximum atomic E-state index is 4.88. The van der Waals surface area contributed by atoms with E-state index in [1.165, 1.54) is 21.8 Å². The van der Waals surface area contributed by atoms with E-state index in [0.29, 0.717) is 5.92 Å². The Morgan fingerprint density at radius 1 is 0.719 bits per heavy atom. The molecule has 5 rings (SSSR count). The van der Waals surface area contributed by atoms with Crippen LogP contribution in [0.3, 0.4) is 0 Å². The first kappa shape index (κ1) is 20.1. The second-order valence-corrected chi connectivity index (χ2v) is 8.53. The quantitative estimate of drug-likeness (QED) is 0.205. The molecule has 3 nitrogen and oxygen atoms in total. The SMILES string of the molecule is CC(C)Cn1c2ccccc2c2cc(C=NN(c3ccccc3)c3ccccc3)ccc21.